The molecule has 0 aliphatic carbocycles. The number of benzene rings is 1. The summed E-state index contributed by atoms with van der Waals surface area (Å²) >= 11 is 7.64. The number of carbonyl (C=O) groups is 1. The van der Waals surface area contributed by atoms with Crippen molar-refractivity contribution in [3.05, 3.63) is 74.9 Å². The Balaban J connectivity index is 1.51. The van der Waals surface area contributed by atoms with Crippen LogP contribution >= 0.6 is 22.9 Å². The number of rotatable bonds is 7. The molecule has 0 aliphatic heterocycles. The first kappa shape index (κ1) is 18.4. The molecule has 0 fully saturated rings. The van der Waals surface area contributed by atoms with E-state index in [1.54, 1.807) is 23.5 Å². The average Bonchev–Trinajstić information content (AvgIpc) is 3.17. The zero-order valence-corrected chi connectivity index (χ0v) is 15.6. The van der Waals surface area contributed by atoms with Crippen LogP contribution in [-0.2, 0) is 17.9 Å². The molecule has 0 saturated heterocycles. The fourth-order valence-electron chi connectivity index (χ4n) is 2.48. The molecule has 3 rings (SSSR count). The largest absolute Gasteiger partial charge is 0.352 e. The Kier molecular flexibility index (Phi) is 6.20. The van der Waals surface area contributed by atoms with E-state index < -0.39 is 0 Å². The minimum absolute atomic E-state index is 0.0765. The van der Waals surface area contributed by atoms with Gasteiger partial charge in [-0.25, -0.2) is 4.68 Å². The van der Waals surface area contributed by atoms with E-state index >= 15 is 0 Å². The highest BCUT2D eigenvalue weighted by atomic mass is 35.5. The first-order chi connectivity index (χ1) is 12.6. The van der Waals surface area contributed by atoms with Crippen molar-refractivity contribution in [2.75, 3.05) is 0 Å². The van der Waals surface area contributed by atoms with Gasteiger partial charge in [0.1, 0.15) is 5.69 Å². The molecule has 2 aromatic heterocycles. The molecule has 134 valence electrons. The Labute approximate surface area is 160 Å². The summed E-state index contributed by atoms with van der Waals surface area (Å²) in [6.07, 6.45) is 0.858. The van der Waals surface area contributed by atoms with Crippen LogP contribution in [0.3, 0.4) is 0 Å². The van der Waals surface area contributed by atoms with E-state index in [9.17, 15) is 9.59 Å². The number of carbonyl (C=O) groups excluding carboxylic acids is 1. The summed E-state index contributed by atoms with van der Waals surface area (Å²) in [5.74, 6) is -0.0765. The highest BCUT2D eigenvalue weighted by molar-refractivity contribution is 7.13. The van der Waals surface area contributed by atoms with Crippen molar-refractivity contribution >= 4 is 28.8 Å². The van der Waals surface area contributed by atoms with Crippen LogP contribution in [0.4, 0.5) is 0 Å². The summed E-state index contributed by atoms with van der Waals surface area (Å²) in [4.78, 5) is 25.0. The quantitative estimate of drug-likeness (QED) is 0.672. The van der Waals surface area contributed by atoms with Crippen molar-refractivity contribution in [1.29, 1.82) is 0 Å². The normalized spacial score (nSPS) is 10.7. The van der Waals surface area contributed by atoms with E-state index in [0.717, 1.165) is 16.1 Å². The van der Waals surface area contributed by atoms with Crippen molar-refractivity contribution in [3.63, 3.8) is 0 Å². The Morgan fingerprint density at radius 3 is 2.77 bits per heavy atom. The zero-order valence-electron chi connectivity index (χ0n) is 14.0. The second-order valence-electron chi connectivity index (χ2n) is 5.73. The molecule has 7 heteroatoms. The van der Waals surface area contributed by atoms with Gasteiger partial charge in [-0.2, -0.15) is 5.10 Å². The van der Waals surface area contributed by atoms with Crippen molar-refractivity contribution in [3.8, 4) is 10.6 Å². The zero-order chi connectivity index (χ0) is 18.4. The summed E-state index contributed by atoms with van der Waals surface area (Å²) in [7, 11) is 0. The number of halogens is 1. The van der Waals surface area contributed by atoms with Crippen LogP contribution in [0.15, 0.2) is 58.7 Å². The highest BCUT2D eigenvalue weighted by Crippen LogP contribution is 2.21. The molecule has 0 saturated carbocycles. The van der Waals surface area contributed by atoms with Gasteiger partial charge < -0.3 is 5.32 Å². The molecular weight excluding hydrogens is 370 g/mol. The Bertz CT molecular complexity index is 938. The van der Waals surface area contributed by atoms with E-state index in [0.29, 0.717) is 31.0 Å². The second kappa shape index (κ2) is 8.78. The number of thiophene rings is 1. The van der Waals surface area contributed by atoms with E-state index in [1.807, 2.05) is 35.7 Å². The molecule has 1 aromatic carbocycles. The molecule has 5 nitrogen and oxygen atoms in total. The molecule has 3 aromatic rings. The number of aryl methyl sites for hydroxylation is 1. The number of hydrogen-bond donors (Lipinski definition) is 1. The van der Waals surface area contributed by atoms with Crippen molar-refractivity contribution in [2.45, 2.75) is 25.9 Å². The highest BCUT2D eigenvalue weighted by Gasteiger charge is 2.07. The first-order valence-corrected chi connectivity index (χ1v) is 9.51. The van der Waals surface area contributed by atoms with Gasteiger partial charge in [0.2, 0.25) is 5.91 Å². The van der Waals surface area contributed by atoms with Crippen LogP contribution in [0.5, 0.6) is 0 Å². The van der Waals surface area contributed by atoms with Crippen LogP contribution in [0.25, 0.3) is 10.6 Å². The molecule has 1 amide bonds. The lowest BCUT2D eigenvalue weighted by atomic mass is 10.2. The van der Waals surface area contributed by atoms with Gasteiger partial charge in [0, 0.05) is 30.6 Å². The second-order valence-corrected chi connectivity index (χ2v) is 7.08. The topological polar surface area (TPSA) is 64.0 Å². The monoisotopic (exact) mass is 387 g/mol. The van der Waals surface area contributed by atoms with Crippen LogP contribution in [0.2, 0.25) is 5.02 Å². The third kappa shape index (κ3) is 4.80. The van der Waals surface area contributed by atoms with Crippen LogP contribution in [0.1, 0.15) is 18.4 Å². The maximum Gasteiger partial charge on any atom is 0.266 e. The van der Waals surface area contributed by atoms with Crippen molar-refractivity contribution in [2.24, 2.45) is 0 Å². The molecule has 0 radical (unpaired) electrons. The van der Waals surface area contributed by atoms with Gasteiger partial charge in [-0.1, -0.05) is 35.9 Å². The Hall–Kier alpha value is -2.44. The molecule has 1 N–H and O–H groups in total. The van der Waals surface area contributed by atoms with Crippen molar-refractivity contribution in [1.82, 2.24) is 15.1 Å². The SMILES string of the molecule is O=C(CCCn1nc(-c2cccs2)ccc1=O)NCc1ccccc1Cl. The molecule has 0 aliphatic rings. The summed E-state index contributed by atoms with van der Waals surface area (Å²) < 4.78 is 1.41. The minimum Gasteiger partial charge on any atom is -0.352 e. The van der Waals surface area contributed by atoms with Crippen LogP contribution in [-0.4, -0.2) is 15.7 Å². The Morgan fingerprint density at radius 2 is 2.00 bits per heavy atom. The van der Waals surface area contributed by atoms with Crippen molar-refractivity contribution < 1.29 is 4.79 Å². The number of nitrogens with one attached hydrogen (secondary N) is 1. The van der Waals surface area contributed by atoms with Gasteiger partial charge in [-0.05, 0) is 35.6 Å². The third-order valence-corrected chi connectivity index (χ3v) is 5.11. The number of hydrogen-bond acceptors (Lipinski definition) is 4. The average molecular weight is 388 g/mol. The minimum atomic E-state index is -0.165. The fourth-order valence-corrected chi connectivity index (χ4v) is 3.37. The molecule has 26 heavy (non-hydrogen) atoms. The van der Waals surface area contributed by atoms with E-state index in [2.05, 4.69) is 10.4 Å². The van der Waals surface area contributed by atoms with E-state index in [1.165, 1.54) is 10.7 Å². The lowest BCUT2D eigenvalue weighted by Gasteiger charge is -2.08. The lowest BCUT2D eigenvalue weighted by Crippen LogP contribution is -2.25. The smallest absolute Gasteiger partial charge is 0.266 e. The molecule has 0 unspecified atom stereocenters. The molecular formula is C19H18ClN3O2S. The summed E-state index contributed by atoms with van der Waals surface area (Å²) in [6.45, 7) is 0.794. The summed E-state index contributed by atoms with van der Waals surface area (Å²) in [5, 5.41) is 9.83. The maximum absolute atomic E-state index is 12.0. The third-order valence-electron chi connectivity index (χ3n) is 3.85. The van der Waals surface area contributed by atoms with E-state index in [-0.39, 0.29) is 11.5 Å². The summed E-state index contributed by atoms with van der Waals surface area (Å²) in [5.41, 5.74) is 1.48. The number of amides is 1. The van der Waals surface area contributed by atoms with Gasteiger partial charge in [-0.3, -0.25) is 9.59 Å². The van der Waals surface area contributed by atoms with Gasteiger partial charge in [-0.15, -0.1) is 11.3 Å². The Morgan fingerprint density at radius 1 is 1.15 bits per heavy atom. The number of aromatic nitrogens is 2. The summed E-state index contributed by atoms with van der Waals surface area (Å²) in [6, 6.07) is 14.5. The lowest BCUT2D eigenvalue weighted by molar-refractivity contribution is -0.121. The van der Waals surface area contributed by atoms with Gasteiger partial charge >= 0.3 is 0 Å². The predicted octanol–water partition coefficient (Wildman–Crippen LogP) is 3.72. The molecule has 2 heterocycles. The molecule has 0 atom stereocenters. The molecule has 0 bridgehead atoms. The van der Waals surface area contributed by atoms with Gasteiger partial charge in [0.15, 0.2) is 0 Å². The van der Waals surface area contributed by atoms with Crippen LogP contribution in [0, 0.1) is 0 Å². The number of nitrogens with zero attached hydrogens (tertiary/aromatic N) is 2. The molecule has 0 spiro atoms. The standard InChI is InChI=1S/C19H18ClN3O2S/c20-15-6-2-1-5-14(15)13-21-18(24)8-3-11-23-19(25)10-9-16(22-23)17-7-4-12-26-17/h1-2,4-7,9-10,12H,3,8,11,13H2,(H,21,24). The maximum atomic E-state index is 12.0. The fraction of sp³-hybridized carbons (Fsp3) is 0.211. The van der Waals surface area contributed by atoms with Gasteiger partial charge in [0.05, 0.1) is 4.88 Å². The predicted molar refractivity (Wildman–Crippen MR) is 104 cm³/mol. The van der Waals surface area contributed by atoms with E-state index in [4.69, 9.17) is 11.6 Å². The van der Waals surface area contributed by atoms with Crippen LogP contribution < -0.4 is 10.9 Å². The van der Waals surface area contributed by atoms with Gasteiger partial charge in [0.25, 0.3) is 5.56 Å². The first-order valence-electron chi connectivity index (χ1n) is 8.25.